The van der Waals surface area contributed by atoms with Crippen molar-refractivity contribution in [3.63, 3.8) is 0 Å². The van der Waals surface area contributed by atoms with Gasteiger partial charge in [0.15, 0.2) is 0 Å². The lowest BCUT2D eigenvalue weighted by molar-refractivity contribution is 0.881. The molecule has 0 spiro atoms. The maximum absolute atomic E-state index is 5.75. The van der Waals surface area contributed by atoms with Crippen molar-refractivity contribution in [2.24, 2.45) is 0 Å². The third-order valence-electron chi connectivity index (χ3n) is 4.35. The van der Waals surface area contributed by atoms with Crippen LogP contribution >= 0.6 is 0 Å². The number of tetrazole rings is 1. The second-order valence-corrected chi connectivity index (χ2v) is 6.06. The van der Waals surface area contributed by atoms with Crippen LogP contribution in [0.2, 0.25) is 0 Å². The van der Waals surface area contributed by atoms with Crippen molar-refractivity contribution in [2.75, 3.05) is 5.73 Å². The first-order chi connectivity index (χ1) is 12.6. The predicted molar refractivity (Wildman–Crippen MR) is 100.0 cm³/mol. The van der Waals surface area contributed by atoms with Crippen molar-refractivity contribution in [3.05, 3.63) is 60.0 Å². The van der Waals surface area contributed by atoms with Gasteiger partial charge in [0, 0.05) is 23.7 Å². The van der Waals surface area contributed by atoms with Crippen LogP contribution in [0.5, 0.6) is 0 Å². The molecule has 0 saturated heterocycles. The first kappa shape index (κ1) is 15.9. The Kier molecular flexibility index (Phi) is 3.89. The fraction of sp³-hybridized carbons (Fsp3) is 0.105. The number of anilines is 1. The Bertz CT molecular complexity index is 1050. The molecule has 7 nitrogen and oxygen atoms in total. The van der Waals surface area contributed by atoms with Crippen LogP contribution in [0.1, 0.15) is 11.3 Å². The van der Waals surface area contributed by atoms with Crippen LogP contribution < -0.4 is 5.73 Å². The SMILES string of the molecule is Cc1cc(N)ncc1-c1ccc(-c2ccnc(C)c2-c2nn[nH]n2)cc1. The smallest absolute Gasteiger partial charge is 0.207 e. The number of hydrogen-bond donors (Lipinski definition) is 2. The average Bonchev–Trinajstić information content (AvgIpc) is 3.16. The minimum Gasteiger partial charge on any atom is -0.384 e. The highest BCUT2D eigenvalue weighted by Crippen LogP contribution is 2.33. The molecule has 3 N–H and O–H groups in total. The first-order valence-corrected chi connectivity index (χ1v) is 8.16. The Morgan fingerprint density at radius 1 is 0.923 bits per heavy atom. The summed E-state index contributed by atoms with van der Waals surface area (Å²) >= 11 is 0. The van der Waals surface area contributed by atoms with Gasteiger partial charge >= 0.3 is 0 Å². The molecule has 3 aromatic heterocycles. The fourth-order valence-corrected chi connectivity index (χ4v) is 3.07. The number of benzene rings is 1. The van der Waals surface area contributed by atoms with E-state index in [2.05, 4.69) is 54.9 Å². The van der Waals surface area contributed by atoms with Crippen molar-refractivity contribution < 1.29 is 0 Å². The van der Waals surface area contributed by atoms with Gasteiger partial charge in [-0.2, -0.15) is 5.21 Å². The number of nitrogens with two attached hydrogens (primary N) is 1. The van der Waals surface area contributed by atoms with Crippen molar-refractivity contribution >= 4 is 5.82 Å². The molecule has 0 aliphatic carbocycles. The summed E-state index contributed by atoms with van der Waals surface area (Å²) in [5, 5.41) is 14.4. The van der Waals surface area contributed by atoms with E-state index in [0.29, 0.717) is 11.6 Å². The van der Waals surface area contributed by atoms with E-state index < -0.39 is 0 Å². The predicted octanol–water partition coefficient (Wildman–Crippen LogP) is 3.19. The molecule has 0 saturated carbocycles. The highest BCUT2D eigenvalue weighted by Gasteiger charge is 2.15. The lowest BCUT2D eigenvalue weighted by atomic mass is 9.96. The molecule has 0 unspecified atom stereocenters. The van der Waals surface area contributed by atoms with E-state index in [1.807, 2.05) is 26.0 Å². The Balaban J connectivity index is 1.78. The zero-order valence-electron chi connectivity index (χ0n) is 14.4. The summed E-state index contributed by atoms with van der Waals surface area (Å²) < 4.78 is 0. The van der Waals surface area contributed by atoms with Gasteiger partial charge in [-0.15, -0.1) is 10.2 Å². The third kappa shape index (κ3) is 2.79. The summed E-state index contributed by atoms with van der Waals surface area (Å²) in [5.74, 6) is 1.06. The molecule has 4 rings (SSSR count). The highest BCUT2D eigenvalue weighted by molar-refractivity contribution is 5.82. The number of aromatic amines is 1. The number of hydrogen-bond acceptors (Lipinski definition) is 6. The number of nitrogens with zero attached hydrogens (tertiary/aromatic N) is 5. The summed E-state index contributed by atoms with van der Waals surface area (Å²) in [7, 11) is 0. The van der Waals surface area contributed by atoms with Gasteiger partial charge in [-0.05, 0) is 53.4 Å². The summed E-state index contributed by atoms with van der Waals surface area (Å²) in [6.45, 7) is 3.97. The second-order valence-electron chi connectivity index (χ2n) is 6.06. The first-order valence-electron chi connectivity index (χ1n) is 8.16. The number of aromatic nitrogens is 6. The van der Waals surface area contributed by atoms with Gasteiger partial charge in [0.05, 0.1) is 5.56 Å². The molecule has 0 radical (unpaired) electrons. The summed E-state index contributed by atoms with van der Waals surface area (Å²) in [6, 6.07) is 12.1. The minimum atomic E-state index is 0.528. The van der Waals surface area contributed by atoms with E-state index in [4.69, 9.17) is 5.73 Å². The number of rotatable bonds is 3. The topological polar surface area (TPSA) is 106 Å². The van der Waals surface area contributed by atoms with Crippen molar-refractivity contribution in [3.8, 4) is 33.6 Å². The Morgan fingerprint density at radius 3 is 2.31 bits per heavy atom. The van der Waals surface area contributed by atoms with Gasteiger partial charge in [-0.3, -0.25) is 4.98 Å². The van der Waals surface area contributed by atoms with Gasteiger partial charge in [-0.25, -0.2) is 4.98 Å². The molecule has 0 fully saturated rings. The van der Waals surface area contributed by atoms with Crippen molar-refractivity contribution in [2.45, 2.75) is 13.8 Å². The summed E-state index contributed by atoms with van der Waals surface area (Å²) in [5.41, 5.74) is 12.8. The molecule has 0 aliphatic rings. The zero-order chi connectivity index (χ0) is 18.1. The zero-order valence-corrected chi connectivity index (χ0v) is 14.4. The maximum Gasteiger partial charge on any atom is 0.207 e. The van der Waals surface area contributed by atoms with Gasteiger partial charge in [0.1, 0.15) is 5.82 Å². The molecule has 3 heterocycles. The van der Waals surface area contributed by atoms with Gasteiger partial charge in [-0.1, -0.05) is 24.3 Å². The highest BCUT2D eigenvalue weighted by atomic mass is 15.5. The molecule has 0 aliphatic heterocycles. The number of aryl methyl sites for hydroxylation is 2. The fourth-order valence-electron chi connectivity index (χ4n) is 3.07. The average molecular weight is 343 g/mol. The van der Waals surface area contributed by atoms with Crippen LogP contribution in [0, 0.1) is 13.8 Å². The van der Waals surface area contributed by atoms with E-state index in [9.17, 15) is 0 Å². The maximum atomic E-state index is 5.75. The molecule has 26 heavy (non-hydrogen) atoms. The van der Waals surface area contributed by atoms with Crippen molar-refractivity contribution in [1.29, 1.82) is 0 Å². The molecule has 0 atom stereocenters. The van der Waals surface area contributed by atoms with E-state index in [0.717, 1.165) is 39.1 Å². The summed E-state index contributed by atoms with van der Waals surface area (Å²) in [4.78, 5) is 8.56. The van der Waals surface area contributed by atoms with E-state index >= 15 is 0 Å². The molecule has 0 amide bonds. The molecule has 128 valence electrons. The van der Waals surface area contributed by atoms with Gasteiger partial charge in [0.2, 0.25) is 5.82 Å². The lowest BCUT2D eigenvalue weighted by Crippen LogP contribution is -1.95. The number of nitrogen functional groups attached to an aromatic ring is 1. The summed E-state index contributed by atoms with van der Waals surface area (Å²) in [6.07, 6.45) is 3.59. The second kappa shape index (κ2) is 6.36. The van der Waals surface area contributed by atoms with Crippen LogP contribution in [0.3, 0.4) is 0 Å². The van der Waals surface area contributed by atoms with Gasteiger partial charge < -0.3 is 5.73 Å². The van der Waals surface area contributed by atoms with E-state index in [-0.39, 0.29) is 0 Å². The third-order valence-corrected chi connectivity index (χ3v) is 4.35. The van der Waals surface area contributed by atoms with Gasteiger partial charge in [0.25, 0.3) is 0 Å². The van der Waals surface area contributed by atoms with Crippen LogP contribution in [0.4, 0.5) is 5.82 Å². The van der Waals surface area contributed by atoms with E-state index in [1.165, 1.54) is 0 Å². The molecular weight excluding hydrogens is 326 g/mol. The number of nitrogens with one attached hydrogen (secondary N) is 1. The quantitative estimate of drug-likeness (QED) is 0.592. The Hall–Kier alpha value is -3.61. The largest absolute Gasteiger partial charge is 0.384 e. The Morgan fingerprint density at radius 2 is 1.65 bits per heavy atom. The number of pyridine rings is 2. The van der Waals surface area contributed by atoms with E-state index in [1.54, 1.807) is 12.4 Å². The lowest BCUT2D eigenvalue weighted by Gasteiger charge is -2.11. The van der Waals surface area contributed by atoms with Crippen LogP contribution in [-0.2, 0) is 0 Å². The standard InChI is InChI=1S/C19H17N7/c1-11-9-17(20)22-10-16(11)14-5-3-13(4-6-14)15-7-8-21-12(2)18(15)19-23-25-26-24-19/h3-10H,1-2H3,(H2,20,22)(H,23,24,25,26). The molecule has 7 heteroatoms. The normalized spacial score (nSPS) is 10.8. The Labute approximate surface area is 150 Å². The molecule has 4 aromatic rings. The molecule has 1 aromatic carbocycles. The van der Waals surface area contributed by atoms with Crippen LogP contribution in [0.25, 0.3) is 33.6 Å². The number of H-pyrrole nitrogens is 1. The minimum absolute atomic E-state index is 0.528. The molecular formula is C19H17N7. The monoisotopic (exact) mass is 343 g/mol. The van der Waals surface area contributed by atoms with Crippen LogP contribution in [0.15, 0.2) is 48.8 Å². The van der Waals surface area contributed by atoms with Crippen LogP contribution in [-0.4, -0.2) is 30.6 Å². The molecule has 0 bridgehead atoms. The van der Waals surface area contributed by atoms with Crippen molar-refractivity contribution in [1.82, 2.24) is 30.6 Å².